The van der Waals surface area contributed by atoms with Crippen LogP contribution in [0.4, 0.5) is 0 Å². The summed E-state index contributed by atoms with van der Waals surface area (Å²) in [6, 6.07) is 0.210. The van der Waals surface area contributed by atoms with E-state index in [1.165, 1.54) is 0 Å². The van der Waals surface area contributed by atoms with Crippen LogP contribution >= 0.6 is 0 Å². The summed E-state index contributed by atoms with van der Waals surface area (Å²) in [4.78, 5) is 14.3. The van der Waals surface area contributed by atoms with Crippen molar-refractivity contribution in [2.24, 2.45) is 0 Å². The zero-order valence-electron chi connectivity index (χ0n) is 13.5. The lowest BCUT2D eigenvalue weighted by atomic mass is 9.92. The number of hydrogen-bond donors (Lipinski definition) is 1. The van der Waals surface area contributed by atoms with Gasteiger partial charge in [-0.05, 0) is 26.7 Å². The number of nitrogens with zero attached hydrogens (tertiary/aromatic N) is 6. The second kappa shape index (κ2) is 6.11. The van der Waals surface area contributed by atoms with E-state index in [4.69, 9.17) is 0 Å². The van der Waals surface area contributed by atoms with Gasteiger partial charge in [-0.2, -0.15) is 5.10 Å². The number of likely N-dealkylation sites (tertiary alicyclic amines) is 1. The lowest BCUT2D eigenvalue weighted by Gasteiger charge is -2.38. The predicted molar refractivity (Wildman–Crippen MR) is 82.7 cm³/mol. The topological polar surface area (TPSA) is 89.1 Å². The van der Waals surface area contributed by atoms with Crippen LogP contribution in [-0.2, 0) is 6.54 Å². The molecule has 0 saturated carbocycles. The van der Waals surface area contributed by atoms with E-state index >= 15 is 0 Å². The van der Waals surface area contributed by atoms with Crippen LogP contribution in [0.1, 0.15) is 43.1 Å². The molecule has 1 aliphatic rings. The molecule has 1 fully saturated rings. The molecule has 3 rings (SSSR count). The van der Waals surface area contributed by atoms with Crippen molar-refractivity contribution in [2.75, 3.05) is 13.1 Å². The minimum atomic E-state index is -0.977. The van der Waals surface area contributed by atoms with E-state index in [0.717, 1.165) is 6.42 Å². The summed E-state index contributed by atoms with van der Waals surface area (Å²) in [7, 11) is 0. The van der Waals surface area contributed by atoms with E-state index < -0.39 is 5.60 Å². The summed E-state index contributed by atoms with van der Waals surface area (Å²) in [5, 5.41) is 22.7. The highest BCUT2D eigenvalue weighted by Gasteiger charge is 2.36. The average Bonchev–Trinajstić information content (AvgIpc) is 3.17. The molecule has 3 heterocycles. The summed E-state index contributed by atoms with van der Waals surface area (Å²) in [6.45, 7) is 5.30. The number of rotatable bonds is 4. The molecule has 0 radical (unpaired) electrons. The van der Waals surface area contributed by atoms with E-state index in [9.17, 15) is 9.90 Å². The van der Waals surface area contributed by atoms with Gasteiger partial charge in [0.05, 0.1) is 31.0 Å². The molecule has 0 bridgehead atoms. The predicted octanol–water partition coefficient (Wildman–Crippen LogP) is 0.723. The average molecular weight is 318 g/mol. The highest BCUT2D eigenvalue weighted by Crippen LogP contribution is 2.24. The van der Waals surface area contributed by atoms with Gasteiger partial charge in [-0.3, -0.25) is 9.48 Å². The minimum absolute atomic E-state index is 0.0892. The fourth-order valence-corrected chi connectivity index (χ4v) is 2.95. The number of hydrogen-bond acceptors (Lipinski definition) is 5. The molecule has 1 aliphatic heterocycles. The van der Waals surface area contributed by atoms with E-state index in [2.05, 4.69) is 15.4 Å². The number of β-amino-alcohol motifs (C(OH)–C–C–N with tert-alkyl or cyclic N) is 1. The van der Waals surface area contributed by atoms with Crippen molar-refractivity contribution in [3.63, 3.8) is 0 Å². The molecule has 1 saturated heterocycles. The van der Waals surface area contributed by atoms with Gasteiger partial charge < -0.3 is 10.0 Å². The van der Waals surface area contributed by atoms with Crippen LogP contribution in [0.2, 0.25) is 0 Å². The molecule has 1 N–H and O–H groups in total. The standard InChI is InChI=1S/C15H22N6O2/c1-12(2)21-9-13(8-17-21)14(22)19-6-3-4-15(23,10-19)11-20-7-5-16-18-20/h5,7-9,12,23H,3-4,6,10-11H2,1-2H3. The summed E-state index contributed by atoms with van der Waals surface area (Å²) in [6.07, 6.45) is 8.05. The fraction of sp³-hybridized carbons (Fsp3) is 0.600. The third kappa shape index (κ3) is 3.42. The molecule has 2 aromatic heterocycles. The fourth-order valence-electron chi connectivity index (χ4n) is 2.95. The maximum atomic E-state index is 12.7. The molecule has 8 heteroatoms. The van der Waals surface area contributed by atoms with Crippen LogP contribution in [0, 0.1) is 0 Å². The number of carbonyl (C=O) groups excluding carboxylic acids is 1. The van der Waals surface area contributed by atoms with Crippen molar-refractivity contribution in [3.05, 3.63) is 30.4 Å². The van der Waals surface area contributed by atoms with Crippen LogP contribution in [0.5, 0.6) is 0 Å². The highest BCUT2D eigenvalue weighted by molar-refractivity contribution is 5.93. The van der Waals surface area contributed by atoms with Crippen LogP contribution in [0.25, 0.3) is 0 Å². The van der Waals surface area contributed by atoms with Gasteiger partial charge in [-0.1, -0.05) is 5.21 Å². The van der Waals surface area contributed by atoms with Gasteiger partial charge in [0.2, 0.25) is 0 Å². The molecule has 1 atom stereocenters. The number of piperidine rings is 1. The lowest BCUT2D eigenvalue weighted by Crippen LogP contribution is -2.52. The second-order valence-corrected chi connectivity index (χ2v) is 6.46. The Bertz CT molecular complexity index is 665. The molecule has 0 aromatic carbocycles. The van der Waals surface area contributed by atoms with Gasteiger partial charge in [-0.15, -0.1) is 5.10 Å². The van der Waals surface area contributed by atoms with E-state index in [0.29, 0.717) is 31.6 Å². The number of carbonyl (C=O) groups is 1. The Kier molecular flexibility index (Phi) is 4.16. The largest absolute Gasteiger partial charge is 0.386 e. The molecular formula is C15H22N6O2. The Morgan fingerprint density at radius 1 is 1.48 bits per heavy atom. The molecule has 8 nitrogen and oxygen atoms in total. The van der Waals surface area contributed by atoms with E-state index in [1.54, 1.807) is 39.1 Å². The maximum Gasteiger partial charge on any atom is 0.257 e. The molecule has 124 valence electrons. The summed E-state index contributed by atoms with van der Waals surface area (Å²) in [5.41, 5.74) is -0.418. The van der Waals surface area contributed by atoms with Crippen molar-refractivity contribution in [3.8, 4) is 0 Å². The van der Waals surface area contributed by atoms with Gasteiger partial charge in [-0.25, -0.2) is 4.68 Å². The zero-order valence-corrected chi connectivity index (χ0v) is 13.5. The van der Waals surface area contributed by atoms with E-state index in [-0.39, 0.29) is 11.9 Å². The smallest absolute Gasteiger partial charge is 0.257 e. The third-order valence-electron chi connectivity index (χ3n) is 4.15. The molecule has 2 aromatic rings. The zero-order chi connectivity index (χ0) is 16.4. The summed E-state index contributed by atoms with van der Waals surface area (Å²) in [5.74, 6) is -0.0892. The molecule has 1 amide bonds. The first kappa shape index (κ1) is 15.7. The minimum Gasteiger partial charge on any atom is -0.386 e. The van der Waals surface area contributed by atoms with Gasteiger partial charge in [0, 0.05) is 25.0 Å². The Morgan fingerprint density at radius 2 is 2.30 bits per heavy atom. The first-order chi connectivity index (χ1) is 11.0. The molecular weight excluding hydrogens is 296 g/mol. The monoisotopic (exact) mass is 318 g/mol. The molecule has 23 heavy (non-hydrogen) atoms. The number of aromatic nitrogens is 5. The Balaban J connectivity index is 1.70. The number of amides is 1. The van der Waals surface area contributed by atoms with Gasteiger partial charge in [0.1, 0.15) is 5.60 Å². The highest BCUT2D eigenvalue weighted by atomic mass is 16.3. The van der Waals surface area contributed by atoms with Crippen LogP contribution in [-0.4, -0.2) is 59.4 Å². The normalized spacial score (nSPS) is 21.8. The lowest BCUT2D eigenvalue weighted by molar-refractivity contribution is -0.0387. The van der Waals surface area contributed by atoms with Gasteiger partial charge in [0.25, 0.3) is 5.91 Å². The third-order valence-corrected chi connectivity index (χ3v) is 4.15. The van der Waals surface area contributed by atoms with Gasteiger partial charge >= 0.3 is 0 Å². The van der Waals surface area contributed by atoms with Crippen LogP contribution in [0.3, 0.4) is 0 Å². The first-order valence-electron chi connectivity index (χ1n) is 7.87. The SMILES string of the molecule is CC(C)n1cc(C(=O)N2CCCC(O)(Cn3ccnn3)C2)cn1. The summed E-state index contributed by atoms with van der Waals surface area (Å²) >= 11 is 0. The Labute approximate surface area is 134 Å². The van der Waals surface area contributed by atoms with Gasteiger partial charge in [0.15, 0.2) is 0 Å². The van der Waals surface area contributed by atoms with Crippen LogP contribution < -0.4 is 0 Å². The second-order valence-electron chi connectivity index (χ2n) is 6.46. The summed E-state index contributed by atoms with van der Waals surface area (Å²) < 4.78 is 3.36. The molecule has 1 unspecified atom stereocenters. The van der Waals surface area contributed by atoms with Crippen LogP contribution in [0.15, 0.2) is 24.8 Å². The first-order valence-corrected chi connectivity index (χ1v) is 7.87. The van der Waals surface area contributed by atoms with Crippen molar-refractivity contribution < 1.29 is 9.90 Å². The van der Waals surface area contributed by atoms with Crippen molar-refractivity contribution in [1.29, 1.82) is 0 Å². The van der Waals surface area contributed by atoms with Crippen molar-refractivity contribution >= 4 is 5.91 Å². The van der Waals surface area contributed by atoms with E-state index in [1.807, 2.05) is 13.8 Å². The maximum absolute atomic E-state index is 12.7. The Morgan fingerprint density at radius 3 is 2.96 bits per heavy atom. The van der Waals surface area contributed by atoms with Crippen molar-refractivity contribution in [1.82, 2.24) is 29.7 Å². The Hall–Kier alpha value is -2.22. The molecule has 0 aliphatic carbocycles. The number of aliphatic hydroxyl groups is 1. The quantitative estimate of drug-likeness (QED) is 0.897. The van der Waals surface area contributed by atoms with Crippen molar-refractivity contribution in [2.45, 2.75) is 44.9 Å². The molecule has 0 spiro atoms.